The monoisotopic (exact) mass is 925 g/mol. The van der Waals surface area contributed by atoms with Crippen molar-refractivity contribution in [3.05, 3.63) is 252 Å². The van der Waals surface area contributed by atoms with Crippen molar-refractivity contribution in [2.45, 2.75) is 11.8 Å². The van der Waals surface area contributed by atoms with Gasteiger partial charge in [-0.3, -0.25) is 0 Å². The smallest absolute Gasteiger partial charge is 0.164 e. The molecule has 1 atom stereocenters. The van der Waals surface area contributed by atoms with E-state index in [-0.39, 0.29) is 5.92 Å². The molecule has 12 aromatic rings. The summed E-state index contributed by atoms with van der Waals surface area (Å²) in [5.41, 5.74) is 16.7. The Morgan fingerprint density at radius 1 is 0.458 bits per heavy atom. The molecule has 0 radical (unpaired) electrons. The molecule has 0 bridgehead atoms. The van der Waals surface area contributed by atoms with Gasteiger partial charge in [0.1, 0.15) is 22.3 Å². The first-order valence-corrected chi connectivity index (χ1v) is 24.4. The lowest BCUT2D eigenvalue weighted by atomic mass is 9.62. The molecular weight excluding hydrogens is 883 g/mol. The lowest BCUT2D eigenvalue weighted by molar-refractivity contribution is 0.455. The van der Waals surface area contributed by atoms with E-state index in [1.54, 1.807) is 0 Å². The highest BCUT2D eigenvalue weighted by Gasteiger charge is 2.49. The van der Waals surface area contributed by atoms with Crippen molar-refractivity contribution in [3.63, 3.8) is 0 Å². The second-order valence-corrected chi connectivity index (χ2v) is 18.6. The summed E-state index contributed by atoms with van der Waals surface area (Å²) in [6.45, 7) is 0. The van der Waals surface area contributed by atoms with E-state index in [0.717, 1.165) is 95.1 Å². The quantitative estimate of drug-likeness (QED) is 0.140. The largest absolute Gasteiger partial charge is 0.456 e. The van der Waals surface area contributed by atoms with Gasteiger partial charge in [0.2, 0.25) is 0 Å². The summed E-state index contributed by atoms with van der Waals surface area (Å²) in [6.07, 6.45) is 6.89. The van der Waals surface area contributed by atoms with Crippen LogP contribution in [0.1, 0.15) is 23.1 Å². The van der Waals surface area contributed by atoms with Crippen molar-refractivity contribution < 1.29 is 8.83 Å². The fourth-order valence-corrected chi connectivity index (χ4v) is 11.6. The molecule has 2 aliphatic carbocycles. The second-order valence-electron chi connectivity index (χ2n) is 18.6. The van der Waals surface area contributed by atoms with Gasteiger partial charge in [0.15, 0.2) is 17.5 Å². The Bertz CT molecular complexity index is 4010. The Kier molecular flexibility index (Phi) is 9.57. The molecule has 0 aliphatic heterocycles. The fourth-order valence-electron chi connectivity index (χ4n) is 11.6. The van der Waals surface area contributed by atoms with Gasteiger partial charge < -0.3 is 19.6 Å². The molecule has 2 aliphatic rings. The lowest BCUT2D eigenvalue weighted by Gasteiger charge is -2.40. The highest BCUT2D eigenvalue weighted by atomic mass is 16.3. The zero-order valence-corrected chi connectivity index (χ0v) is 38.9. The molecule has 0 spiro atoms. The number of allylic oxidation sites excluding steroid dienone is 3. The first kappa shape index (κ1) is 41.5. The van der Waals surface area contributed by atoms with Gasteiger partial charge >= 0.3 is 0 Å². The van der Waals surface area contributed by atoms with E-state index in [2.05, 4.69) is 169 Å². The first-order valence-electron chi connectivity index (χ1n) is 24.4. The van der Waals surface area contributed by atoms with Gasteiger partial charge in [-0.25, -0.2) is 15.0 Å². The number of nitrogens with one attached hydrogen (secondary N) is 2. The normalized spacial score (nSPS) is 14.8. The lowest BCUT2D eigenvalue weighted by Crippen LogP contribution is -2.36. The zero-order chi connectivity index (χ0) is 47.8. The van der Waals surface area contributed by atoms with Crippen molar-refractivity contribution in [1.29, 1.82) is 5.41 Å². The van der Waals surface area contributed by atoms with Crippen LogP contribution in [0.4, 0.5) is 5.69 Å². The van der Waals surface area contributed by atoms with Gasteiger partial charge in [-0.2, -0.15) is 0 Å². The van der Waals surface area contributed by atoms with Crippen LogP contribution in [0.3, 0.4) is 0 Å². The van der Waals surface area contributed by atoms with Crippen LogP contribution >= 0.6 is 0 Å². The van der Waals surface area contributed by atoms with E-state index in [4.69, 9.17) is 29.2 Å². The minimum Gasteiger partial charge on any atom is -0.456 e. The van der Waals surface area contributed by atoms with E-state index >= 15 is 0 Å². The molecule has 3 heterocycles. The van der Waals surface area contributed by atoms with Crippen LogP contribution in [-0.2, 0) is 5.41 Å². The fraction of sp³-hybridized carbons (Fsp3) is 0.0462. The summed E-state index contributed by atoms with van der Waals surface area (Å²) < 4.78 is 12.6. The third-order valence-electron chi connectivity index (χ3n) is 14.8. The molecule has 0 saturated carbocycles. The average Bonchev–Trinajstić information content (AvgIpc) is 4.12. The van der Waals surface area contributed by atoms with Crippen molar-refractivity contribution in [1.82, 2.24) is 15.0 Å². The molecule has 0 saturated heterocycles. The molecular formula is C65H43N5O2. The van der Waals surface area contributed by atoms with Crippen LogP contribution in [0.5, 0.6) is 0 Å². The van der Waals surface area contributed by atoms with Gasteiger partial charge in [-0.15, -0.1) is 0 Å². The molecule has 14 rings (SSSR count). The summed E-state index contributed by atoms with van der Waals surface area (Å²) in [5, 5.41) is 16.3. The maximum absolute atomic E-state index is 8.66. The number of nitrogens with zero attached hydrogens (tertiary/aromatic N) is 3. The minimum absolute atomic E-state index is 0.0882. The predicted molar refractivity (Wildman–Crippen MR) is 291 cm³/mol. The second kappa shape index (κ2) is 16.6. The first-order chi connectivity index (χ1) is 35.6. The van der Waals surface area contributed by atoms with Crippen molar-refractivity contribution >= 4 is 55.8 Å². The van der Waals surface area contributed by atoms with E-state index in [9.17, 15) is 0 Å². The number of hydrogen-bond donors (Lipinski definition) is 2. The Balaban J connectivity index is 0.783. The average molecular weight is 926 g/mol. The summed E-state index contributed by atoms with van der Waals surface area (Å²) in [7, 11) is 0. The van der Waals surface area contributed by atoms with Crippen molar-refractivity contribution in [2.75, 3.05) is 5.32 Å². The summed E-state index contributed by atoms with van der Waals surface area (Å²) >= 11 is 0. The van der Waals surface area contributed by atoms with Crippen LogP contribution < -0.4 is 5.32 Å². The number of benzene rings is 9. The molecule has 2 N–H and O–H groups in total. The standard InChI is InChI=1S/C65H43N5O2/c66-39-43-38-45(65(44-14-2-1-3-15-44)53-22-8-4-16-47(53)48-17-5-9-23-54(48)65)34-37-55(43)67-46-35-32-41(33-36-46)40-28-30-42(31-29-40)62-68-63(51-20-12-26-58-60(51)49-18-6-10-24-56(49)71-58)70-64(69-62)52-21-13-27-59-61(52)50-19-7-11-25-57(50)72-59/h1-33,35-39,45,66-67H,34H2. The van der Waals surface area contributed by atoms with Gasteiger partial charge in [-0.05, 0) is 87.7 Å². The molecule has 72 heavy (non-hydrogen) atoms. The highest BCUT2D eigenvalue weighted by Crippen LogP contribution is 2.58. The molecule has 3 aromatic heterocycles. The Labute approximate surface area is 415 Å². The van der Waals surface area contributed by atoms with Gasteiger partial charge in [-0.1, -0.05) is 188 Å². The third kappa shape index (κ3) is 6.51. The molecule has 1 unspecified atom stereocenters. The van der Waals surface area contributed by atoms with Crippen LogP contribution in [0.25, 0.3) is 100 Å². The van der Waals surface area contributed by atoms with Crippen LogP contribution in [0, 0.1) is 11.3 Å². The number of rotatable bonds is 9. The Morgan fingerprint density at radius 3 is 1.51 bits per heavy atom. The molecule has 0 fully saturated rings. The van der Waals surface area contributed by atoms with Crippen LogP contribution in [-0.4, -0.2) is 21.2 Å². The predicted octanol–water partition coefficient (Wildman–Crippen LogP) is 16.2. The van der Waals surface area contributed by atoms with Crippen molar-refractivity contribution in [2.24, 2.45) is 5.92 Å². The molecule has 9 aromatic carbocycles. The van der Waals surface area contributed by atoms with Crippen LogP contribution in [0.15, 0.2) is 245 Å². The topological polar surface area (TPSA) is 101 Å². The molecule has 7 nitrogen and oxygen atoms in total. The van der Waals surface area contributed by atoms with Gasteiger partial charge in [0.05, 0.1) is 5.41 Å². The Morgan fingerprint density at radius 2 is 0.931 bits per heavy atom. The van der Waals surface area contributed by atoms with E-state index in [0.29, 0.717) is 17.5 Å². The number of para-hydroxylation sites is 2. The molecule has 0 amide bonds. The van der Waals surface area contributed by atoms with E-state index in [1.165, 1.54) is 34.0 Å². The number of aromatic nitrogens is 3. The van der Waals surface area contributed by atoms with Gasteiger partial charge in [0, 0.05) is 61.4 Å². The van der Waals surface area contributed by atoms with E-state index < -0.39 is 5.41 Å². The number of anilines is 1. The number of fused-ring (bicyclic) bond motifs is 9. The maximum Gasteiger partial charge on any atom is 0.164 e. The highest BCUT2D eigenvalue weighted by molar-refractivity contribution is 6.13. The third-order valence-corrected chi connectivity index (χ3v) is 14.8. The Hall–Kier alpha value is -9.46. The van der Waals surface area contributed by atoms with E-state index in [1.807, 2.05) is 60.7 Å². The summed E-state index contributed by atoms with van der Waals surface area (Å²) in [5.74, 6) is 1.76. The minimum atomic E-state index is -0.398. The number of furan rings is 2. The molecule has 7 heteroatoms. The van der Waals surface area contributed by atoms with Crippen LogP contribution in [0.2, 0.25) is 0 Å². The maximum atomic E-state index is 8.66. The SMILES string of the molecule is N=CC1=CC(C2(c3ccccc3)c3ccccc3-c3ccccc32)CC=C1Nc1ccc(-c2ccc(-c3nc(-c4cccc5oc6ccccc6c45)nc(-c4cccc5oc6ccccc6c45)n3)cc2)cc1. The molecule has 340 valence electrons. The summed E-state index contributed by atoms with van der Waals surface area (Å²) in [4.78, 5) is 15.6. The summed E-state index contributed by atoms with van der Waals surface area (Å²) in [6, 6.07) is 73.7. The zero-order valence-electron chi connectivity index (χ0n) is 38.9. The number of hydrogen-bond acceptors (Lipinski definition) is 7. The van der Waals surface area contributed by atoms with Crippen molar-refractivity contribution in [3.8, 4) is 56.4 Å². The van der Waals surface area contributed by atoms with Gasteiger partial charge in [0.25, 0.3) is 0 Å².